The highest BCUT2D eigenvalue weighted by Gasteiger charge is 2.20. The first-order valence-corrected chi connectivity index (χ1v) is 9.03. The topological polar surface area (TPSA) is 55.4 Å². The Labute approximate surface area is 142 Å². The van der Waals surface area contributed by atoms with Gasteiger partial charge in [0.2, 0.25) is 10.0 Å². The highest BCUT2D eigenvalue weighted by molar-refractivity contribution is 7.89. The lowest BCUT2D eigenvalue weighted by molar-refractivity contribution is 0.414. The normalized spacial score (nSPS) is 12.9. The number of hydrogen-bond acceptors (Lipinski definition) is 3. The summed E-state index contributed by atoms with van der Waals surface area (Å²) in [6.45, 7) is 5.77. The minimum absolute atomic E-state index is 0.112. The van der Waals surface area contributed by atoms with Crippen LogP contribution in [0.3, 0.4) is 0 Å². The number of methoxy groups -OCH3 is 1. The molecule has 1 N–H and O–H groups in total. The number of hydrogen-bond donors (Lipinski definition) is 1. The number of halogens is 1. The number of benzene rings is 2. The van der Waals surface area contributed by atoms with Crippen LogP contribution in [-0.4, -0.2) is 15.5 Å². The summed E-state index contributed by atoms with van der Waals surface area (Å²) in [6.07, 6.45) is 0. The molecule has 0 unspecified atom stereocenters. The second-order valence-electron chi connectivity index (χ2n) is 5.50. The molecular formula is C17H20ClNO3S. The third kappa shape index (κ3) is 4.05. The lowest BCUT2D eigenvalue weighted by Gasteiger charge is -2.18. The smallest absolute Gasteiger partial charge is 0.241 e. The Kier molecular flexibility index (Phi) is 5.34. The summed E-state index contributed by atoms with van der Waals surface area (Å²) in [5.74, 6) is 0.438. The number of sulfonamides is 1. The number of aryl methyl sites for hydroxylation is 2. The summed E-state index contributed by atoms with van der Waals surface area (Å²) in [6, 6.07) is 10.0. The van der Waals surface area contributed by atoms with Gasteiger partial charge >= 0.3 is 0 Å². The standard InChI is InChI=1S/C17H20ClNO3S/c1-11-5-6-12(2)15(9-11)13(3)19-23(20,21)14-7-8-17(22-4)16(18)10-14/h5-10,13,19H,1-4H3/t13-/m0/s1. The Balaban J connectivity index is 2.30. The molecule has 0 bridgehead atoms. The van der Waals surface area contributed by atoms with Crippen molar-refractivity contribution >= 4 is 21.6 Å². The van der Waals surface area contributed by atoms with Gasteiger partial charge in [0.05, 0.1) is 17.0 Å². The quantitative estimate of drug-likeness (QED) is 0.883. The molecule has 6 heteroatoms. The van der Waals surface area contributed by atoms with Crippen molar-refractivity contribution in [2.24, 2.45) is 0 Å². The van der Waals surface area contributed by atoms with Crippen LogP contribution < -0.4 is 9.46 Å². The van der Waals surface area contributed by atoms with E-state index in [1.807, 2.05) is 39.0 Å². The minimum Gasteiger partial charge on any atom is -0.495 e. The van der Waals surface area contributed by atoms with Crippen molar-refractivity contribution in [3.8, 4) is 5.75 Å². The van der Waals surface area contributed by atoms with Crippen LogP contribution in [0.25, 0.3) is 0 Å². The van der Waals surface area contributed by atoms with Crippen molar-refractivity contribution in [1.82, 2.24) is 4.72 Å². The summed E-state index contributed by atoms with van der Waals surface area (Å²) in [5.41, 5.74) is 3.08. The third-order valence-electron chi connectivity index (χ3n) is 3.67. The van der Waals surface area contributed by atoms with Gasteiger partial charge in [0.15, 0.2) is 0 Å². The van der Waals surface area contributed by atoms with E-state index in [0.29, 0.717) is 5.75 Å². The van der Waals surface area contributed by atoms with Gasteiger partial charge < -0.3 is 4.74 Å². The molecule has 124 valence electrons. The summed E-state index contributed by atoms with van der Waals surface area (Å²) >= 11 is 6.02. The lowest BCUT2D eigenvalue weighted by atomic mass is 10.0. The molecule has 0 aliphatic carbocycles. The van der Waals surface area contributed by atoms with Crippen molar-refractivity contribution in [2.75, 3.05) is 7.11 Å². The summed E-state index contributed by atoms with van der Waals surface area (Å²) < 4.78 is 32.8. The Morgan fingerprint density at radius 1 is 1.13 bits per heavy atom. The molecule has 2 aromatic rings. The molecule has 0 amide bonds. The van der Waals surface area contributed by atoms with E-state index in [-0.39, 0.29) is 16.0 Å². The van der Waals surface area contributed by atoms with Gasteiger partial charge in [0.25, 0.3) is 0 Å². The van der Waals surface area contributed by atoms with Gasteiger partial charge in [-0.1, -0.05) is 35.4 Å². The average Bonchev–Trinajstić information content (AvgIpc) is 2.49. The lowest BCUT2D eigenvalue weighted by Crippen LogP contribution is -2.27. The van der Waals surface area contributed by atoms with E-state index >= 15 is 0 Å². The molecule has 0 heterocycles. The first-order valence-electron chi connectivity index (χ1n) is 7.17. The van der Waals surface area contributed by atoms with Crippen LogP contribution in [0.5, 0.6) is 5.75 Å². The predicted octanol–water partition coefficient (Wildman–Crippen LogP) is 4.00. The highest BCUT2D eigenvalue weighted by atomic mass is 35.5. The van der Waals surface area contributed by atoms with E-state index in [0.717, 1.165) is 16.7 Å². The third-order valence-corrected chi connectivity index (χ3v) is 5.50. The highest BCUT2D eigenvalue weighted by Crippen LogP contribution is 2.28. The van der Waals surface area contributed by atoms with Crippen LogP contribution in [0, 0.1) is 13.8 Å². The molecule has 4 nitrogen and oxygen atoms in total. The molecule has 1 atom stereocenters. The minimum atomic E-state index is -3.67. The van der Waals surface area contributed by atoms with E-state index in [2.05, 4.69) is 4.72 Å². The number of nitrogens with one attached hydrogen (secondary N) is 1. The van der Waals surface area contributed by atoms with Crippen LogP contribution in [-0.2, 0) is 10.0 Å². The van der Waals surface area contributed by atoms with Gasteiger partial charge in [-0.15, -0.1) is 0 Å². The number of ether oxygens (including phenoxy) is 1. The molecule has 2 rings (SSSR count). The molecule has 23 heavy (non-hydrogen) atoms. The van der Waals surface area contributed by atoms with E-state index in [1.165, 1.54) is 19.2 Å². The van der Waals surface area contributed by atoms with Gasteiger partial charge in [-0.25, -0.2) is 13.1 Å². The van der Waals surface area contributed by atoms with Crippen molar-refractivity contribution in [1.29, 1.82) is 0 Å². The fraction of sp³-hybridized carbons (Fsp3) is 0.294. The van der Waals surface area contributed by atoms with Crippen LogP contribution in [0.4, 0.5) is 0 Å². The molecule has 2 aromatic carbocycles. The first kappa shape index (κ1) is 17.8. The fourth-order valence-electron chi connectivity index (χ4n) is 2.40. The van der Waals surface area contributed by atoms with Crippen molar-refractivity contribution in [3.05, 3.63) is 58.1 Å². The Morgan fingerprint density at radius 2 is 1.83 bits per heavy atom. The van der Waals surface area contributed by atoms with Crippen molar-refractivity contribution < 1.29 is 13.2 Å². The van der Waals surface area contributed by atoms with Crippen LogP contribution >= 0.6 is 11.6 Å². The number of rotatable bonds is 5. The van der Waals surface area contributed by atoms with Gasteiger partial charge in [-0.3, -0.25) is 0 Å². The van der Waals surface area contributed by atoms with Crippen LogP contribution in [0.15, 0.2) is 41.3 Å². The molecule has 0 fully saturated rings. The first-order chi connectivity index (χ1) is 10.7. The summed E-state index contributed by atoms with van der Waals surface area (Å²) in [4.78, 5) is 0.112. The van der Waals surface area contributed by atoms with Gasteiger partial charge in [0, 0.05) is 6.04 Å². The summed E-state index contributed by atoms with van der Waals surface area (Å²) in [7, 11) is -2.19. The Bertz CT molecular complexity index is 819. The maximum absolute atomic E-state index is 12.6. The molecule has 0 aliphatic rings. The van der Waals surface area contributed by atoms with Gasteiger partial charge in [0.1, 0.15) is 5.75 Å². The zero-order valence-corrected chi connectivity index (χ0v) is 15.1. The SMILES string of the molecule is COc1ccc(S(=O)(=O)N[C@@H](C)c2cc(C)ccc2C)cc1Cl. The largest absolute Gasteiger partial charge is 0.495 e. The monoisotopic (exact) mass is 353 g/mol. The zero-order chi connectivity index (χ0) is 17.2. The second kappa shape index (κ2) is 6.91. The molecule has 0 saturated carbocycles. The fourth-order valence-corrected chi connectivity index (χ4v) is 3.98. The Morgan fingerprint density at radius 3 is 2.43 bits per heavy atom. The van der Waals surface area contributed by atoms with E-state index in [1.54, 1.807) is 6.07 Å². The Hall–Kier alpha value is -1.56. The maximum Gasteiger partial charge on any atom is 0.241 e. The van der Waals surface area contributed by atoms with E-state index in [9.17, 15) is 8.42 Å². The van der Waals surface area contributed by atoms with Crippen LogP contribution in [0.1, 0.15) is 29.7 Å². The van der Waals surface area contributed by atoms with Gasteiger partial charge in [-0.05, 0) is 50.1 Å². The molecule has 0 aromatic heterocycles. The second-order valence-corrected chi connectivity index (χ2v) is 7.62. The molecule has 0 saturated heterocycles. The molecule has 0 aliphatic heterocycles. The van der Waals surface area contributed by atoms with E-state index in [4.69, 9.17) is 16.3 Å². The zero-order valence-electron chi connectivity index (χ0n) is 13.6. The molecular weight excluding hydrogens is 334 g/mol. The maximum atomic E-state index is 12.6. The van der Waals surface area contributed by atoms with Crippen molar-refractivity contribution in [2.45, 2.75) is 31.7 Å². The molecule has 0 spiro atoms. The van der Waals surface area contributed by atoms with Gasteiger partial charge in [-0.2, -0.15) is 0 Å². The average molecular weight is 354 g/mol. The van der Waals surface area contributed by atoms with E-state index < -0.39 is 10.0 Å². The molecule has 0 radical (unpaired) electrons. The van der Waals surface area contributed by atoms with Crippen molar-refractivity contribution in [3.63, 3.8) is 0 Å². The van der Waals surface area contributed by atoms with Crippen LogP contribution in [0.2, 0.25) is 5.02 Å². The summed E-state index contributed by atoms with van der Waals surface area (Å²) in [5, 5.41) is 0.259. The predicted molar refractivity (Wildman–Crippen MR) is 92.7 cm³/mol.